The predicted molar refractivity (Wildman–Crippen MR) is 112 cm³/mol. The molecule has 0 N–H and O–H groups in total. The van der Waals surface area contributed by atoms with Gasteiger partial charge < -0.3 is 14.2 Å². The van der Waals surface area contributed by atoms with Gasteiger partial charge in [-0.25, -0.2) is 0 Å². The molecule has 0 aromatic heterocycles. The van der Waals surface area contributed by atoms with E-state index in [-0.39, 0.29) is 24.1 Å². The number of hydrogen-bond acceptors (Lipinski definition) is 5. The molecule has 0 heterocycles. The van der Waals surface area contributed by atoms with Crippen LogP contribution >= 0.6 is 15.9 Å². The standard InChI is InChI=1S/C22H31BrO5/c1-15(22(25)27-3)11-19(24)8-6-16-5-7-17-13-20(26-2)21(14-18(17)12-16)28-10-4-9-23/h13-16H,4-12H2,1-3H3/t15-,16?/m0/s1. The third kappa shape index (κ3) is 6.50. The lowest BCUT2D eigenvalue weighted by atomic mass is 9.81. The van der Waals surface area contributed by atoms with E-state index in [1.54, 1.807) is 14.0 Å². The number of carbonyl (C=O) groups is 2. The van der Waals surface area contributed by atoms with Crippen LogP contribution in [0.2, 0.25) is 0 Å². The number of esters is 1. The van der Waals surface area contributed by atoms with Crippen molar-refractivity contribution in [2.24, 2.45) is 11.8 Å². The minimum absolute atomic E-state index is 0.136. The number of aryl methyl sites for hydroxylation is 1. The van der Waals surface area contributed by atoms with E-state index in [1.807, 2.05) is 0 Å². The Hall–Kier alpha value is -1.56. The molecule has 1 aliphatic rings. The van der Waals surface area contributed by atoms with Crippen LogP contribution in [0.4, 0.5) is 0 Å². The van der Waals surface area contributed by atoms with Gasteiger partial charge in [-0.2, -0.15) is 0 Å². The SMILES string of the molecule is COC(=O)[C@@H](C)CC(=O)CCC1CCc2cc(OC)c(OCCCBr)cc2C1. The second-order valence-electron chi connectivity index (χ2n) is 7.48. The van der Waals surface area contributed by atoms with Crippen molar-refractivity contribution in [1.82, 2.24) is 0 Å². The van der Waals surface area contributed by atoms with E-state index in [1.165, 1.54) is 18.2 Å². The summed E-state index contributed by atoms with van der Waals surface area (Å²) in [6, 6.07) is 4.20. The van der Waals surface area contributed by atoms with E-state index in [9.17, 15) is 9.59 Å². The maximum atomic E-state index is 12.2. The topological polar surface area (TPSA) is 61.8 Å². The molecule has 156 valence electrons. The van der Waals surface area contributed by atoms with E-state index in [0.29, 0.717) is 18.9 Å². The van der Waals surface area contributed by atoms with E-state index < -0.39 is 0 Å². The number of methoxy groups -OCH3 is 2. The van der Waals surface area contributed by atoms with Crippen LogP contribution in [0.15, 0.2) is 12.1 Å². The second-order valence-corrected chi connectivity index (χ2v) is 8.27. The molecule has 0 aliphatic heterocycles. The van der Waals surface area contributed by atoms with Crippen molar-refractivity contribution in [1.29, 1.82) is 0 Å². The Labute approximate surface area is 176 Å². The zero-order valence-electron chi connectivity index (χ0n) is 17.1. The highest BCUT2D eigenvalue weighted by molar-refractivity contribution is 9.09. The summed E-state index contributed by atoms with van der Waals surface area (Å²) in [6.45, 7) is 2.39. The summed E-state index contributed by atoms with van der Waals surface area (Å²) >= 11 is 3.42. The minimum Gasteiger partial charge on any atom is -0.493 e. The Morgan fingerprint density at radius 3 is 2.64 bits per heavy atom. The summed E-state index contributed by atoms with van der Waals surface area (Å²) in [5.74, 6) is 1.52. The molecule has 1 aliphatic carbocycles. The molecule has 0 fully saturated rings. The molecule has 2 rings (SSSR count). The third-order valence-corrected chi connectivity index (χ3v) is 5.88. The average molecular weight is 455 g/mol. The van der Waals surface area contributed by atoms with Crippen molar-refractivity contribution >= 4 is 27.7 Å². The molecule has 0 saturated carbocycles. The van der Waals surface area contributed by atoms with Gasteiger partial charge in [-0.3, -0.25) is 9.59 Å². The number of hydrogen-bond donors (Lipinski definition) is 0. The predicted octanol–water partition coefficient (Wildman–Crippen LogP) is 4.51. The highest BCUT2D eigenvalue weighted by Crippen LogP contribution is 2.37. The van der Waals surface area contributed by atoms with Crippen LogP contribution in [0.1, 0.15) is 50.2 Å². The van der Waals surface area contributed by atoms with Crippen molar-refractivity contribution in [3.63, 3.8) is 0 Å². The Morgan fingerprint density at radius 1 is 1.21 bits per heavy atom. The summed E-state index contributed by atoms with van der Waals surface area (Å²) in [5, 5.41) is 0.908. The molecule has 0 bridgehead atoms. The van der Waals surface area contributed by atoms with Gasteiger partial charge in [0.2, 0.25) is 0 Å². The zero-order chi connectivity index (χ0) is 20.5. The first-order chi connectivity index (χ1) is 13.5. The van der Waals surface area contributed by atoms with Crippen molar-refractivity contribution in [3.05, 3.63) is 23.3 Å². The Kier molecular flexibility index (Phi) is 9.29. The smallest absolute Gasteiger partial charge is 0.308 e. The molecular weight excluding hydrogens is 424 g/mol. The quantitative estimate of drug-likeness (QED) is 0.279. The molecule has 1 aromatic rings. The summed E-state index contributed by atoms with van der Waals surface area (Å²) in [4.78, 5) is 23.7. The monoisotopic (exact) mass is 454 g/mol. The van der Waals surface area contributed by atoms with Crippen LogP contribution < -0.4 is 9.47 Å². The first kappa shape index (κ1) is 22.7. The number of halogens is 1. The zero-order valence-corrected chi connectivity index (χ0v) is 18.7. The van der Waals surface area contributed by atoms with E-state index >= 15 is 0 Å². The van der Waals surface area contributed by atoms with Crippen molar-refractivity contribution < 1.29 is 23.8 Å². The van der Waals surface area contributed by atoms with E-state index in [0.717, 1.165) is 48.9 Å². The molecule has 2 atom stereocenters. The van der Waals surface area contributed by atoms with Gasteiger partial charge >= 0.3 is 5.97 Å². The molecule has 1 unspecified atom stereocenters. The lowest BCUT2D eigenvalue weighted by Crippen LogP contribution is -2.19. The van der Waals surface area contributed by atoms with Crippen LogP contribution in [-0.4, -0.2) is 37.9 Å². The fourth-order valence-electron chi connectivity index (χ4n) is 3.69. The van der Waals surface area contributed by atoms with Crippen molar-refractivity contribution in [2.45, 2.75) is 51.9 Å². The third-order valence-electron chi connectivity index (χ3n) is 5.32. The van der Waals surface area contributed by atoms with Gasteiger partial charge in [0.1, 0.15) is 5.78 Å². The fraction of sp³-hybridized carbons (Fsp3) is 0.636. The second kappa shape index (κ2) is 11.4. The fourth-order valence-corrected chi connectivity index (χ4v) is 3.92. The first-order valence-electron chi connectivity index (χ1n) is 9.96. The van der Waals surface area contributed by atoms with E-state index in [2.05, 4.69) is 28.1 Å². The maximum Gasteiger partial charge on any atom is 0.308 e. The average Bonchev–Trinajstić information content (AvgIpc) is 2.70. The normalized spacial score (nSPS) is 16.8. The molecule has 1 aromatic carbocycles. The van der Waals surface area contributed by atoms with Crippen LogP contribution in [-0.2, 0) is 27.2 Å². The molecule has 0 saturated heterocycles. The maximum absolute atomic E-state index is 12.2. The van der Waals surface area contributed by atoms with Crippen molar-refractivity contribution in [3.8, 4) is 11.5 Å². The Bertz CT molecular complexity index is 673. The number of carbonyl (C=O) groups excluding carboxylic acids is 2. The van der Waals surface area contributed by atoms with Gasteiger partial charge in [-0.05, 0) is 61.3 Å². The summed E-state index contributed by atoms with van der Waals surface area (Å²) in [7, 11) is 3.03. The lowest BCUT2D eigenvalue weighted by molar-refractivity contribution is -0.146. The van der Waals surface area contributed by atoms with Gasteiger partial charge in [-0.15, -0.1) is 0 Å². The van der Waals surface area contributed by atoms with Gasteiger partial charge in [-0.1, -0.05) is 22.9 Å². The number of rotatable bonds is 11. The van der Waals surface area contributed by atoms with E-state index in [4.69, 9.17) is 14.2 Å². The van der Waals surface area contributed by atoms with Gasteiger partial charge in [0.15, 0.2) is 11.5 Å². The number of fused-ring (bicyclic) bond motifs is 1. The number of Topliss-reactive ketones (excluding diaryl/α,β-unsaturated/α-hetero) is 1. The molecule has 5 nitrogen and oxygen atoms in total. The van der Waals surface area contributed by atoms with Crippen LogP contribution in [0.5, 0.6) is 11.5 Å². The minimum atomic E-state index is -0.365. The molecule has 6 heteroatoms. The summed E-state index contributed by atoms with van der Waals surface area (Å²) in [6.07, 6.45) is 5.59. The Balaban J connectivity index is 1.92. The highest BCUT2D eigenvalue weighted by Gasteiger charge is 2.23. The number of ketones is 1. The largest absolute Gasteiger partial charge is 0.493 e. The van der Waals surface area contributed by atoms with Gasteiger partial charge in [0.25, 0.3) is 0 Å². The van der Waals surface area contributed by atoms with Crippen LogP contribution in [0.25, 0.3) is 0 Å². The van der Waals surface area contributed by atoms with Gasteiger partial charge in [0.05, 0.1) is 26.7 Å². The number of ether oxygens (including phenoxy) is 3. The van der Waals surface area contributed by atoms with Crippen LogP contribution in [0, 0.1) is 11.8 Å². The lowest BCUT2D eigenvalue weighted by Gasteiger charge is -2.26. The van der Waals surface area contributed by atoms with Crippen molar-refractivity contribution in [2.75, 3.05) is 26.2 Å². The molecule has 0 spiro atoms. The van der Waals surface area contributed by atoms with Crippen LogP contribution in [0.3, 0.4) is 0 Å². The highest BCUT2D eigenvalue weighted by atomic mass is 79.9. The first-order valence-corrected chi connectivity index (χ1v) is 11.1. The number of benzene rings is 1. The number of alkyl halides is 1. The molecule has 0 amide bonds. The summed E-state index contributed by atoms with van der Waals surface area (Å²) in [5.41, 5.74) is 2.60. The molecule has 0 radical (unpaired) electrons. The Morgan fingerprint density at radius 2 is 1.96 bits per heavy atom. The molecular formula is C22H31BrO5. The molecule has 28 heavy (non-hydrogen) atoms. The van der Waals surface area contributed by atoms with Gasteiger partial charge in [0, 0.05) is 18.2 Å². The summed E-state index contributed by atoms with van der Waals surface area (Å²) < 4.78 is 16.1.